The van der Waals surface area contributed by atoms with Gasteiger partial charge in [-0.1, -0.05) is 54.1 Å². The lowest BCUT2D eigenvalue weighted by atomic mass is 9.76. The number of rotatable bonds is 5. The summed E-state index contributed by atoms with van der Waals surface area (Å²) in [6.07, 6.45) is 0.950. The SMILES string of the molecule is Cc1cc(Cl)cc2c1NC(=O)[C@@]21N[C@H](Cc2ccc(O)cc2)[C@H]2C(=O)N(CCc3ccccc3)C(=O)[C@@H]21. The van der Waals surface area contributed by atoms with Gasteiger partial charge >= 0.3 is 0 Å². The molecule has 6 rings (SSSR count). The largest absolute Gasteiger partial charge is 0.508 e. The molecule has 0 saturated carbocycles. The summed E-state index contributed by atoms with van der Waals surface area (Å²) in [5.41, 5.74) is 2.55. The second-order valence-corrected chi connectivity index (χ2v) is 10.5. The predicted molar refractivity (Wildman–Crippen MR) is 139 cm³/mol. The highest BCUT2D eigenvalue weighted by molar-refractivity contribution is 6.31. The van der Waals surface area contributed by atoms with Crippen molar-refractivity contribution < 1.29 is 19.5 Å². The maximum atomic E-state index is 14.0. The number of aryl methyl sites for hydroxylation is 1. The van der Waals surface area contributed by atoms with Gasteiger partial charge in [0.05, 0.1) is 11.8 Å². The van der Waals surface area contributed by atoms with Crippen LogP contribution in [0.25, 0.3) is 0 Å². The first-order valence-electron chi connectivity index (χ1n) is 12.4. The van der Waals surface area contributed by atoms with Crippen molar-refractivity contribution in [3.63, 3.8) is 0 Å². The fourth-order valence-corrected chi connectivity index (χ4v) is 6.53. The second kappa shape index (κ2) is 8.71. The minimum absolute atomic E-state index is 0.144. The van der Waals surface area contributed by atoms with Gasteiger partial charge in [0, 0.05) is 28.9 Å². The molecule has 0 aliphatic carbocycles. The van der Waals surface area contributed by atoms with E-state index in [0.717, 1.165) is 16.7 Å². The summed E-state index contributed by atoms with van der Waals surface area (Å²) in [6, 6.07) is 19.5. The molecule has 3 amide bonds. The van der Waals surface area contributed by atoms with Crippen molar-refractivity contribution in [3.05, 3.63) is 94.0 Å². The van der Waals surface area contributed by atoms with E-state index in [1.54, 1.807) is 36.4 Å². The van der Waals surface area contributed by atoms with E-state index >= 15 is 0 Å². The van der Waals surface area contributed by atoms with Crippen LogP contribution in [0.2, 0.25) is 5.02 Å². The highest BCUT2D eigenvalue weighted by atomic mass is 35.5. The first kappa shape index (κ1) is 23.7. The van der Waals surface area contributed by atoms with Gasteiger partial charge in [-0.2, -0.15) is 0 Å². The maximum absolute atomic E-state index is 14.0. The normalized spacial score (nSPS) is 26.1. The van der Waals surface area contributed by atoms with E-state index in [9.17, 15) is 19.5 Å². The summed E-state index contributed by atoms with van der Waals surface area (Å²) >= 11 is 6.42. The van der Waals surface area contributed by atoms with Crippen LogP contribution in [-0.2, 0) is 32.8 Å². The molecule has 0 aromatic heterocycles. The fraction of sp³-hybridized carbons (Fsp3) is 0.276. The number of fused-ring (bicyclic) bond motifs is 4. The molecule has 4 atom stereocenters. The van der Waals surface area contributed by atoms with Crippen molar-refractivity contribution in [2.45, 2.75) is 31.3 Å². The number of benzene rings is 3. The average molecular weight is 516 g/mol. The van der Waals surface area contributed by atoms with E-state index in [-0.39, 0.29) is 30.0 Å². The van der Waals surface area contributed by atoms with E-state index in [2.05, 4.69) is 10.6 Å². The van der Waals surface area contributed by atoms with Crippen LogP contribution in [0.4, 0.5) is 5.69 Å². The molecular weight excluding hydrogens is 490 g/mol. The smallest absolute Gasteiger partial charge is 0.250 e. The Bertz CT molecular complexity index is 1430. The van der Waals surface area contributed by atoms with Gasteiger partial charge in [0.1, 0.15) is 11.3 Å². The van der Waals surface area contributed by atoms with Crippen LogP contribution in [-0.4, -0.2) is 40.3 Å². The molecule has 0 radical (unpaired) electrons. The molecule has 0 bridgehead atoms. The second-order valence-electron chi connectivity index (χ2n) is 10.1. The molecule has 37 heavy (non-hydrogen) atoms. The summed E-state index contributed by atoms with van der Waals surface area (Å²) in [5.74, 6) is -2.41. The Kier molecular flexibility index (Phi) is 5.58. The summed E-state index contributed by atoms with van der Waals surface area (Å²) in [5, 5.41) is 16.6. The van der Waals surface area contributed by atoms with Crippen molar-refractivity contribution >= 4 is 35.0 Å². The third-order valence-electron chi connectivity index (χ3n) is 7.94. The molecule has 3 aromatic carbocycles. The number of nitrogens with zero attached hydrogens (tertiary/aromatic N) is 1. The van der Waals surface area contributed by atoms with E-state index < -0.39 is 23.4 Å². The maximum Gasteiger partial charge on any atom is 0.250 e. The van der Waals surface area contributed by atoms with Gasteiger partial charge in [0.25, 0.3) is 0 Å². The van der Waals surface area contributed by atoms with Crippen LogP contribution in [0.5, 0.6) is 5.75 Å². The lowest BCUT2D eigenvalue weighted by Gasteiger charge is -2.30. The minimum atomic E-state index is -1.40. The van der Waals surface area contributed by atoms with Crippen molar-refractivity contribution in [1.82, 2.24) is 10.2 Å². The molecule has 8 heteroatoms. The molecular formula is C29H26ClN3O4. The Labute approximate surface area is 219 Å². The number of carbonyl (C=O) groups is 3. The number of hydrogen-bond acceptors (Lipinski definition) is 5. The summed E-state index contributed by atoms with van der Waals surface area (Å²) < 4.78 is 0. The van der Waals surface area contributed by atoms with Gasteiger partial charge < -0.3 is 10.4 Å². The number of nitrogens with one attached hydrogen (secondary N) is 2. The first-order chi connectivity index (χ1) is 17.8. The first-order valence-corrected chi connectivity index (χ1v) is 12.7. The van der Waals surface area contributed by atoms with Crippen molar-refractivity contribution in [2.24, 2.45) is 11.8 Å². The van der Waals surface area contributed by atoms with Gasteiger partial charge in [-0.3, -0.25) is 24.6 Å². The number of imide groups is 1. The molecule has 188 valence electrons. The summed E-state index contributed by atoms with van der Waals surface area (Å²) in [7, 11) is 0. The zero-order chi connectivity index (χ0) is 25.9. The Morgan fingerprint density at radius 2 is 1.70 bits per heavy atom. The Morgan fingerprint density at radius 3 is 2.43 bits per heavy atom. The standard InChI is InChI=1S/C29H26ClN3O4/c1-16-13-19(30)15-21-25(16)31-28(37)29(21)24-23(22(32-29)14-18-7-9-20(34)10-8-18)26(35)33(27(24)36)12-11-17-5-3-2-4-6-17/h2-10,13,15,22-24,32,34H,11-12,14H2,1H3,(H,31,37)/t22-,23-,24-,29-/m1/s1. The number of halogens is 1. The average Bonchev–Trinajstić information content (AvgIpc) is 3.45. The van der Waals surface area contributed by atoms with Crippen LogP contribution in [0.3, 0.4) is 0 Å². The van der Waals surface area contributed by atoms with Crippen LogP contribution in [0.15, 0.2) is 66.7 Å². The zero-order valence-corrected chi connectivity index (χ0v) is 21.0. The lowest BCUT2D eigenvalue weighted by molar-refractivity contribution is -0.142. The molecule has 2 fully saturated rings. The van der Waals surface area contributed by atoms with Crippen molar-refractivity contribution in [1.29, 1.82) is 0 Å². The predicted octanol–water partition coefficient (Wildman–Crippen LogP) is 3.56. The number of likely N-dealkylation sites (tertiary alicyclic amines) is 1. The number of hydrogen-bond donors (Lipinski definition) is 3. The van der Waals surface area contributed by atoms with Crippen LogP contribution in [0, 0.1) is 18.8 Å². The summed E-state index contributed by atoms with van der Waals surface area (Å²) in [4.78, 5) is 42.8. The molecule has 0 unspecified atom stereocenters. The topological polar surface area (TPSA) is 98.7 Å². The van der Waals surface area contributed by atoms with E-state index in [0.29, 0.717) is 29.1 Å². The Balaban J connectivity index is 1.42. The number of carbonyl (C=O) groups excluding carboxylic acids is 3. The quantitative estimate of drug-likeness (QED) is 0.451. The molecule has 3 N–H and O–H groups in total. The summed E-state index contributed by atoms with van der Waals surface area (Å²) in [6.45, 7) is 2.11. The molecule has 1 spiro atoms. The van der Waals surface area contributed by atoms with Crippen LogP contribution < -0.4 is 10.6 Å². The molecule has 3 heterocycles. The monoisotopic (exact) mass is 515 g/mol. The highest BCUT2D eigenvalue weighted by Crippen LogP contribution is 2.54. The zero-order valence-electron chi connectivity index (χ0n) is 20.2. The lowest BCUT2D eigenvalue weighted by Crippen LogP contribution is -2.53. The van der Waals surface area contributed by atoms with Crippen LogP contribution >= 0.6 is 11.6 Å². The number of aromatic hydroxyl groups is 1. The number of phenols is 1. The molecule has 3 aliphatic heterocycles. The van der Waals surface area contributed by atoms with Gasteiger partial charge in [-0.05, 0) is 60.7 Å². The van der Waals surface area contributed by atoms with Gasteiger partial charge in [0.2, 0.25) is 17.7 Å². The van der Waals surface area contributed by atoms with Crippen molar-refractivity contribution in [3.8, 4) is 5.75 Å². The third kappa shape index (κ3) is 3.64. The highest BCUT2D eigenvalue weighted by Gasteiger charge is 2.70. The van der Waals surface area contributed by atoms with Crippen molar-refractivity contribution in [2.75, 3.05) is 11.9 Å². The number of amides is 3. The molecule has 3 aromatic rings. The van der Waals surface area contributed by atoms with Crippen LogP contribution in [0.1, 0.15) is 22.3 Å². The van der Waals surface area contributed by atoms with Gasteiger partial charge in [0.15, 0.2) is 0 Å². The number of anilines is 1. The molecule has 7 nitrogen and oxygen atoms in total. The third-order valence-corrected chi connectivity index (χ3v) is 8.15. The van der Waals surface area contributed by atoms with E-state index in [1.807, 2.05) is 37.3 Å². The van der Waals surface area contributed by atoms with Gasteiger partial charge in [-0.15, -0.1) is 0 Å². The molecule has 3 aliphatic rings. The molecule has 2 saturated heterocycles. The minimum Gasteiger partial charge on any atom is -0.508 e. The Morgan fingerprint density at radius 1 is 0.973 bits per heavy atom. The van der Waals surface area contributed by atoms with Gasteiger partial charge in [-0.25, -0.2) is 0 Å². The Hall–Kier alpha value is -3.68. The van der Waals surface area contributed by atoms with E-state index in [1.165, 1.54) is 4.90 Å². The van der Waals surface area contributed by atoms with E-state index in [4.69, 9.17) is 11.6 Å². The fourth-order valence-electron chi connectivity index (χ4n) is 6.26. The number of phenolic OH excluding ortho intramolecular Hbond substituents is 1.